The average molecular weight is 354 g/mol. The van der Waals surface area contributed by atoms with Gasteiger partial charge in [-0.15, -0.1) is 0 Å². The highest BCUT2D eigenvalue weighted by Gasteiger charge is 2.26. The van der Waals surface area contributed by atoms with E-state index >= 15 is 0 Å². The van der Waals surface area contributed by atoms with E-state index in [-0.39, 0.29) is 28.9 Å². The number of hydrogen-bond acceptors (Lipinski definition) is 6. The Balaban J connectivity index is 2.57. The van der Waals surface area contributed by atoms with Gasteiger partial charge < -0.3 is 10.5 Å². The number of thioether (sulfide) groups is 1. The maximum Gasteiger partial charge on any atom is 0.367 e. The number of rotatable bonds is 9. The van der Waals surface area contributed by atoms with Crippen molar-refractivity contribution >= 4 is 22.8 Å². The first-order valence-corrected chi connectivity index (χ1v) is 9.09. The molecule has 1 rings (SSSR count). The van der Waals surface area contributed by atoms with Crippen LogP contribution in [0.4, 0.5) is 10.5 Å². The van der Waals surface area contributed by atoms with Crippen LogP contribution in [0.5, 0.6) is 0 Å². The van der Waals surface area contributed by atoms with Crippen LogP contribution in [0.25, 0.3) is 0 Å². The van der Waals surface area contributed by atoms with Crippen LogP contribution in [-0.2, 0) is 11.3 Å². The van der Waals surface area contributed by atoms with Gasteiger partial charge in [-0.1, -0.05) is 33.6 Å². The molecule has 0 fully saturated rings. The number of carbonyl (C=O) groups excluding carboxylic acids is 1. The summed E-state index contributed by atoms with van der Waals surface area (Å²) in [5.41, 5.74) is 6.94. The number of carbonyl (C=O) groups is 1. The van der Waals surface area contributed by atoms with Crippen LogP contribution in [0, 0.1) is 16.0 Å². The van der Waals surface area contributed by atoms with Crippen LogP contribution < -0.4 is 5.73 Å². The van der Waals surface area contributed by atoms with Gasteiger partial charge in [0.15, 0.2) is 0 Å². The minimum atomic E-state index is -0.461. The van der Waals surface area contributed by atoms with Crippen LogP contribution in [0.1, 0.15) is 45.6 Å². The van der Waals surface area contributed by atoms with E-state index in [0.717, 1.165) is 31.0 Å². The molecule has 1 aromatic carbocycles. The molecule has 0 spiro atoms. The number of benzene rings is 1. The number of nitro benzene ring substituents is 1. The Bertz CT molecular complexity index is 536. The van der Waals surface area contributed by atoms with Crippen molar-refractivity contribution in [3.8, 4) is 0 Å². The molecule has 0 bridgehead atoms. The fourth-order valence-corrected chi connectivity index (χ4v) is 3.44. The first-order valence-electron chi connectivity index (χ1n) is 8.21. The van der Waals surface area contributed by atoms with Crippen molar-refractivity contribution in [2.45, 2.75) is 57.9 Å². The summed E-state index contributed by atoms with van der Waals surface area (Å²) in [5, 5.41) is 10.3. The first kappa shape index (κ1) is 20.4. The van der Waals surface area contributed by atoms with Gasteiger partial charge in [0.25, 0.3) is 5.69 Å². The highest BCUT2D eigenvalue weighted by molar-refractivity contribution is 8.13. The van der Waals surface area contributed by atoms with Gasteiger partial charge in [0.2, 0.25) is 0 Å². The molecule has 2 N–H and O–H groups in total. The standard InChI is InChI=1S/C17H26N2O4S/c1-4-6-15(18)16(12(3)5-2)24-17(20)23-11-13-7-9-14(10-8-13)19(21)22/h7-10,12,15-16H,4-6,11,18H2,1-3H3. The van der Waals surface area contributed by atoms with Crippen LogP contribution in [-0.4, -0.2) is 21.5 Å². The van der Waals surface area contributed by atoms with Gasteiger partial charge in [0.1, 0.15) is 6.61 Å². The minimum absolute atomic E-state index is 0.0156. The number of nitrogens with zero attached hydrogens (tertiary/aromatic N) is 1. The van der Waals surface area contributed by atoms with E-state index in [1.54, 1.807) is 12.1 Å². The molecule has 0 aromatic heterocycles. The smallest absolute Gasteiger partial charge is 0.367 e. The molecule has 0 heterocycles. The molecule has 6 nitrogen and oxygen atoms in total. The Hall–Kier alpha value is -1.60. The van der Waals surface area contributed by atoms with Gasteiger partial charge in [-0.25, -0.2) is 4.79 Å². The summed E-state index contributed by atoms with van der Waals surface area (Å²) in [4.78, 5) is 22.3. The molecule has 0 saturated carbocycles. The Labute approximate surface area is 147 Å². The highest BCUT2D eigenvalue weighted by atomic mass is 32.2. The summed E-state index contributed by atoms with van der Waals surface area (Å²) in [6.45, 7) is 6.35. The molecule has 3 unspecified atom stereocenters. The molecule has 0 aliphatic rings. The monoisotopic (exact) mass is 354 g/mol. The molecular formula is C17H26N2O4S. The molecule has 3 atom stereocenters. The second-order valence-electron chi connectivity index (χ2n) is 5.88. The zero-order valence-corrected chi connectivity index (χ0v) is 15.3. The van der Waals surface area contributed by atoms with E-state index in [1.807, 2.05) is 0 Å². The fraction of sp³-hybridized carbons (Fsp3) is 0.588. The van der Waals surface area contributed by atoms with Crippen molar-refractivity contribution in [2.24, 2.45) is 11.7 Å². The van der Waals surface area contributed by atoms with Gasteiger partial charge >= 0.3 is 5.30 Å². The third-order valence-corrected chi connectivity index (χ3v) is 5.38. The van der Waals surface area contributed by atoms with Crippen LogP contribution in [0.15, 0.2) is 24.3 Å². The number of ether oxygens (including phenoxy) is 1. The van der Waals surface area contributed by atoms with Crippen molar-refractivity contribution in [3.63, 3.8) is 0 Å². The maximum atomic E-state index is 12.1. The lowest BCUT2D eigenvalue weighted by atomic mass is 9.96. The summed E-state index contributed by atoms with van der Waals surface area (Å²) in [5.74, 6) is 0.323. The zero-order valence-electron chi connectivity index (χ0n) is 14.4. The normalized spacial score (nSPS) is 14.7. The average Bonchev–Trinajstić information content (AvgIpc) is 2.57. The van der Waals surface area contributed by atoms with E-state index < -0.39 is 4.92 Å². The summed E-state index contributed by atoms with van der Waals surface area (Å²) >= 11 is 1.16. The van der Waals surface area contributed by atoms with E-state index in [2.05, 4.69) is 20.8 Å². The molecular weight excluding hydrogens is 328 g/mol. The van der Waals surface area contributed by atoms with Gasteiger partial charge in [-0.3, -0.25) is 10.1 Å². The van der Waals surface area contributed by atoms with Crippen LogP contribution in [0.3, 0.4) is 0 Å². The SMILES string of the molecule is CCCC(N)C(SC(=O)OCc1ccc([N+](=O)[O-])cc1)C(C)CC. The largest absolute Gasteiger partial charge is 0.453 e. The lowest BCUT2D eigenvalue weighted by molar-refractivity contribution is -0.384. The lowest BCUT2D eigenvalue weighted by Gasteiger charge is -2.27. The highest BCUT2D eigenvalue weighted by Crippen LogP contribution is 2.28. The molecule has 24 heavy (non-hydrogen) atoms. The minimum Gasteiger partial charge on any atom is -0.453 e. The number of nitro groups is 1. The summed E-state index contributed by atoms with van der Waals surface area (Å²) in [6, 6.07) is 5.93. The van der Waals surface area contributed by atoms with E-state index in [9.17, 15) is 14.9 Å². The predicted molar refractivity (Wildman–Crippen MR) is 97.0 cm³/mol. The predicted octanol–water partition coefficient (Wildman–Crippen LogP) is 4.51. The Morgan fingerprint density at radius 2 is 1.96 bits per heavy atom. The quantitative estimate of drug-likeness (QED) is 0.398. The molecule has 0 radical (unpaired) electrons. The van der Waals surface area contributed by atoms with Crippen molar-refractivity contribution in [2.75, 3.05) is 0 Å². The van der Waals surface area contributed by atoms with Gasteiger partial charge in [-0.05, 0) is 41.8 Å². The number of non-ortho nitro benzene ring substituents is 1. The van der Waals surface area contributed by atoms with E-state index in [4.69, 9.17) is 10.5 Å². The number of nitrogens with two attached hydrogens (primary N) is 1. The molecule has 0 amide bonds. The Morgan fingerprint density at radius 1 is 1.33 bits per heavy atom. The summed E-state index contributed by atoms with van der Waals surface area (Å²) in [6.07, 6.45) is 2.80. The summed E-state index contributed by atoms with van der Waals surface area (Å²) < 4.78 is 5.28. The molecule has 0 aliphatic carbocycles. The van der Waals surface area contributed by atoms with Crippen molar-refractivity contribution in [1.29, 1.82) is 0 Å². The van der Waals surface area contributed by atoms with E-state index in [1.165, 1.54) is 12.1 Å². The second-order valence-corrected chi connectivity index (χ2v) is 7.00. The molecule has 7 heteroatoms. The van der Waals surface area contributed by atoms with Crippen LogP contribution >= 0.6 is 11.8 Å². The van der Waals surface area contributed by atoms with Crippen LogP contribution in [0.2, 0.25) is 0 Å². The van der Waals surface area contributed by atoms with Gasteiger partial charge in [0.05, 0.1) is 4.92 Å². The molecule has 1 aromatic rings. The first-order chi connectivity index (χ1) is 11.4. The molecule has 0 saturated heterocycles. The lowest BCUT2D eigenvalue weighted by Crippen LogP contribution is -2.37. The van der Waals surface area contributed by atoms with E-state index in [0.29, 0.717) is 11.5 Å². The zero-order chi connectivity index (χ0) is 18.1. The van der Waals surface area contributed by atoms with Gasteiger partial charge in [-0.2, -0.15) is 0 Å². The topological polar surface area (TPSA) is 95.5 Å². The molecule has 0 aliphatic heterocycles. The van der Waals surface area contributed by atoms with Crippen molar-refractivity contribution in [3.05, 3.63) is 39.9 Å². The second kappa shape index (κ2) is 10.3. The Kier molecular flexibility index (Phi) is 8.78. The third-order valence-electron chi connectivity index (χ3n) is 3.98. The third kappa shape index (κ3) is 6.49. The fourth-order valence-electron chi connectivity index (χ4n) is 2.36. The van der Waals surface area contributed by atoms with Crippen molar-refractivity contribution < 1.29 is 14.5 Å². The molecule has 134 valence electrons. The Morgan fingerprint density at radius 3 is 2.46 bits per heavy atom. The maximum absolute atomic E-state index is 12.1. The summed E-state index contributed by atoms with van der Waals surface area (Å²) in [7, 11) is 0. The van der Waals surface area contributed by atoms with Gasteiger partial charge in [0, 0.05) is 23.4 Å². The number of hydrogen-bond donors (Lipinski definition) is 1. The van der Waals surface area contributed by atoms with Crippen molar-refractivity contribution in [1.82, 2.24) is 0 Å².